The number of aromatic nitrogens is 2. The third-order valence-corrected chi connectivity index (χ3v) is 3.63. The summed E-state index contributed by atoms with van der Waals surface area (Å²) in [5.41, 5.74) is 0.427. The van der Waals surface area contributed by atoms with E-state index in [0.717, 1.165) is 0 Å². The average Bonchev–Trinajstić information content (AvgIpc) is 2.93. The van der Waals surface area contributed by atoms with Gasteiger partial charge in [0.15, 0.2) is 0 Å². The van der Waals surface area contributed by atoms with Crippen LogP contribution in [0.3, 0.4) is 0 Å². The Kier molecular flexibility index (Phi) is 2.44. The van der Waals surface area contributed by atoms with Gasteiger partial charge in [0.25, 0.3) is 0 Å². The SMILES string of the molecule is CC1(O)CC(c2ccc(C#N)cc2F)n2cncc21. The van der Waals surface area contributed by atoms with Gasteiger partial charge in [0.1, 0.15) is 11.4 Å². The Morgan fingerprint density at radius 3 is 3.05 bits per heavy atom. The Morgan fingerprint density at radius 2 is 2.37 bits per heavy atom. The van der Waals surface area contributed by atoms with Crippen molar-refractivity contribution < 1.29 is 9.50 Å². The van der Waals surface area contributed by atoms with Gasteiger partial charge in [0.05, 0.1) is 35.9 Å². The van der Waals surface area contributed by atoms with Gasteiger partial charge in [-0.25, -0.2) is 9.37 Å². The molecule has 4 nitrogen and oxygen atoms in total. The lowest BCUT2D eigenvalue weighted by atomic mass is 9.95. The molecule has 3 rings (SSSR count). The fraction of sp³-hybridized carbons (Fsp3) is 0.286. The molecule has 0 bridgehead atoms. The van der Waals surface area contributed by atoms with E-state index < -0.39 is 11.4 Å². The van der Waals surface area contributed by atoms with E-state index in [-0.39, 0.29) is 11.6 Å². The van der Waals surface area contributed by atoms with Crippen LogP contribution in [-0.4, -0.2) is 14.7 Å². The molecule has 5 heteroatoms. The monoisotopic (exact) mass is 257 g/mol. The first-order valence-electron chi connectivity index (χ1n) is 5.97. The number of rotatable bonds is 1. The van der Waals surface area contributed by atoms with Crippen LogP contribution in [0.4, 0.5) is 4.39 Å². The van der Waals surface area contributed by atoms with E-state index in [0.29, 0.717) is 17.7 Å². The number of fused-ring (bicyclic) bond motifs is 1. The summed E-state index contributed by atoms with van der Waals surface area (Å²) < 4.78 is 15.9. The molecule has 0 aliphatic carbocycles. The molecule has 2 aromatic rings. The standard InChI is InChI=1S/C14H12FN3O/c1-14(19)5-12(18-8-17-7-13(14)18)10-3-2-9(6-16)4-11(10)15/h2-4,7-8,12,19H,5H2,1H3. The second-order valence-corrected chi connectivity index (χ2v) is 5.03. The maximum absolute atomic E-state index is 14.1. The number of nitriles is 1. The van der Waals surface area contributed by atoms with E-state index in [9.17, 15) is 9.50 Å². The number of halogens is 1. The molecule has 19 heavy (non-hydrogen) atoms. The zero-order chi connectivity index (χ0) is 13.6. The molecular formula is C14H12FN3O. The van der Waals surface area contributed by atoms with Crippen LogP contribution in [-0.2, 0) is 5.60 Å². The highest BCUT2D eigenvalue weighted by molar-refractivity contribution is 5.36. The van der Waals surface area contributed by atoms with Gasteiger partial charge in [-0.05, 0) is 19.1 Å². The van der Waals surface area contributed by atoms with E-state index in [1.54, 1.807) is 36.1 Å². The number of benzene rings is 1. The number of nitrogens with zero attached hydrogens (tertiary/aromatic N) is 3. The largest absolute Gasteiger partial charge is 0.384 e. The fourth-order valence-corrected chi connectivity index (χ4v) is 2.68. The van der Waals surface area contributed by atoms with Crippen LogP contribution in [0.5, 0.6) is 0 Å². The highest BCUT2D eigenvalue weighted by Crippen LogP contribution is 2.42. The first-order valence-corrected chi connectivity index (χ1v) is 5.97. The molecule has 2 heterocycles. The van der Waals surface area contributed by atoms with Crippen molar-refractivity contribution in [2.24, 2.45) is 0 Å². The van der Waals surface area contributed by atoms with Crippen molar-refractivity contribution in [3.8, 4) is 6.07 Å². The summed E-state index contributed by atoms with van der Waals surface area (Å²) >= 11 is 0. The second-order valence-electron chi connectivity index (χ2n) is 5.03. The van der Waals surface area contributed by atoms with Gasteiger partial charge >= 0.3 is 0 Å². The highest BCUT2D eigenvalue weighted by atomic mass is 19.1. The molecule has 1 aromatic heterocycles. The number of imidazole rings is 1. The molecule has 0 saturated heterocycles. The molecule has 1 aliphatic rings. The Bertz CT molecular complexity index is 684. The second kappa shape index (κ2) is 3.90. The first kappa shape index (κ1) is 11.9. The molecule has 0 radical (unpaired) electrons. The Labute approximate surface area is 109 Å². The third kappa shape index (κ3) is 1.72. The van der Waals surface area contributed by atoms with Crippen LogP contribution in [0.2, 0.25) is 0 Å². The van der Waals surface area contributed by atoms with Crippen molar-refractivity contribution in [2.75, 3.05) is 0 Å². The van der Waals surface area contributed by atoms with Crippen molar-refractivity contribution in [1.29, 1.82) is 5.26 Å². The minimum Gasteiger partial charge on any atom is -0.384 e. The summed E-state index contributed by atoms with van der Waals surface area (Å²) in [6.45, 7) is 1.70. The summed E-state index contributed by atoms with van der Waals surface area (Å²) in [5, 5.41) is 19.1. The third-order valence-electron chi connectivity index (χ3n) is 3.63. The number of hydrogen-bond donors (Lipinski definition) is 1. The van der Waals surface area contributed by atoms with Crippen molar-refractivity contribution in [3.63, 3.8) is 0 Å². The van der Waals surface area contributed by atoms with Gasteiger partial charge < -0.3 is 9.67 Å². The lowest BCUT2D eigenvalue weighted by molar-refractivity contribution is 0.0559. The summed E-state index contributed by atoms with van der Waals surface area (Å²) in [6, 6.07) is 6.02. The maximum Gasteiger partial charge on any atom is 0.129 e. The lowest BCUT2D eigenvalue weighted by Gasteiger charge is -2.17. The Balaban J connectivity index is 2.09. The molecule has 2 unspecified atom stereocenters. The van der Waals surface area contributed by atoms with Crippen LogP contribution in [0, 0.1) is 17.1 Å². The lowest BCUT2D eigenvalue weighted by Crippen LogP contribution is -2.17. The van der Waals surface area contributed by atoms with E-state index in [1.165, 1.54) is 6.07 Å². The number of aliphatic hydroxyl groups is 1. The van der Waals surface area contributed by atoms with Gasteiger partial charge in [-0.1, -0.05) is 6.07 Å². The quantitative estimate of drug-likeness (QED) is 0.851. The molecule has 1 aliphatic heterocycles. The van der Waals surface area contributed by atoms with Gasteiger partial charge in [0.2, 0.25) is 0 Å². The Morgan fingerprint density at radius 1 is 1.58 bits per heavy atom. The Hall–Kier alpha value is -2.19. The molecular weight excluding hydrogens is 245 g/mol. The maximum atomic E-state index is 14.1. The first-order chi connectivity index (χ1) is 9.03. The zero-order valence-electron chi connectivity index (χ0n) is 10.3. The van der Waals surface area contributed by atoms with E-state index in [1.807, 2.05) is 6.07 Å². The normalized spacial score (nSPS) is 25.1. The molecule has 0 fully saturated rings. The topological polar surface area (TPSA) is 61.8 Å². The molecule has 2 atom stereocenters. The number of hydrogen-bond acceptors (Lipinski definition) is 3. The minimum absolute atomic E-state index is 0.289. The molecule has 0 amide bonds. The molecule has 1 aromatic carbocycles. The minimum atomic E-state index is -1.01. The molecule has 0 spiro atoms. The molecule has 1 N–H and O–H groups in total. The van der Waals surface area contributed by atoms with Gasteiger partial charge in [-0.3, -0.25) is 0 Å². The predicted molar refractivity (Wildman–Crippen MR) is 65.7 cm³/mol. The van der Waals surface area contributed by atoms with Gasteiger partial charge in [0, 0.05) is 12.0 Å². The van der Waals surface area contributed by atoms with Gasteiger partial charge in [-0.2, -0.15) is 5.26 Å². The van der Waals surface area contributed by atoms with Crippen LogP contribution in [0.25, 0.3) is 0 Å². The fourth-order valence-electron chi connectivity index (χ4n) is 2.68. The zero-order valence-corrected chi connectivity index (χ0v) is 10.3. The van der Waals surface area contributed by atoms with Gasteiger partial charge in [-0.15, -0.1) is 0 Å². The summed E-state index contributed by atoms with van der Waals surface area (Å²) in [5.74, 6) is -0.429. The average molecular weight is 257 g/mol. The van der Waals surface area contributed by atoms with Crippen molar-refractivity contribution in [1.82, 2.24) is 9.55 Å². The van der Waals surface area contributed by atoms with E-state index >= 15 is 0 Å². The highest BCUT2D eigenvalue weighted by Gasteiger charge is 2.40. The van der Waals surface area contributed by atoms with Crippen molar-refractivity contribution in [3.05, 3.63) is 53.4 Å². The van der Waals surface area contributed by atoms with Crippen LogP contribution < -0.4 is 0 Å². The summed E-state index contributed by atoms with van der Waals surface area (Å²) in [7, 11) is 0. The van der Waals surface area contributed by atoms with Crippen molar-refractivity contribution in [2.45, 2.75) is 25.0 Å². The van der Waals surface area contributed by atoms with Crippen LogP contribution >= 0.6 is 0 Å². The molecule has 96 valence electrons. The summed E-state index contributed by atoms with van der Waals surface area (Å²) in [6.07, 6.45) is 3.59. The van der Waals surface area contributed by atoms with E-state index in [4.69, 9.17) is 5.26 Å². The van der Waals surface area contributed by atoms with Crippen molar-refractivity contribution >= 4 is 0 Å². The van der Waals surface area contributed by atoms with Crippen LogP contribution in [0.1, 0.15) is 36.2 Å². The molecule has 0 saturated carbocycles. The summed E-state index contributed by atoms with van der Waals surface area (Å²) in [4.78, 5) is 4.01. The van der Waals surface area contributed by atoms with E-state index in [2.05, 4.69) is 4.98 Å². The predicted octanol–water partition coefficient (Wildman–Crippen LogP) is 2.09. The smallest absolute Gasteiger partial charge is 0.129 e. The van der Waals surface area contributed by atoms with Crippen LogP contribution in [0.15, 0.2) is 30.7 Å².